The van der Waals surface area contributed by atoms with Crippen LogP contribution in [0.15, 0.2) is 71.8 Å². The zero-order valence-electron chi connectivity index (χ0n) is 34.0. The van der Waals surface area contributed by atoms with Crippen molar-refractivity contribution in [3.63, 3.8) is 0 Å². The number of anilines is 2. The van der Waals surface area contributed by atoms with E-state index >= 15 is 0 Å². The predicted octanol–water partition coefficient (Wildman–Crippen LogP) is 12.1. The third-order valence-corrected chi connectivity index (χ3v) is 13.5. The van der Waals surface area contributed by atoms with E-state index in [9.17, 15) is 5.26 Å². The Morgan fingerprint density at radius 2 is 1.09 bits per heavy atom. The third kappa shape index (κ3) is 6.72. The Bertz CT molecular complexity index is 2400. The summed E-state index contributed by atoms with van der Waals surface area (Å²) in [6.45, 7) is 14.4. The molecule has 4 aromatic rings. The highest BCUT2D eigenvalue weighted by atomic mass is 15.1. The van der Waals surface area contributed by atoms with Crippen LogP contribution in [0.1, 0.15) is 129 Å². The van der Waals surface area contributed by atoms with Gasteiger partial charge in [-0.05, 0) is 198 Å². The van der Waals surface area contributed by atoms with Crippen LogP contribution in [0.4, 0.5) is 11.4 Å². The van der Waals surface area contributed by atoms with Gasteiger partial charge in [0.1, 0.15) is 0 Å². The largest absolute Gasteiger partial charge is 0.371 e. The van der Waals surface area contributed by atoms with E-state index in [4.69, 9.17) is 4.98 Å². The second-order valence-corrected chi connectivity index (χ2v) is 19.5. The van der Waals surface area contributed by atoms with Gasteiger partial charge in [-0.3, -0.25) is 0 Å². The molecule has 0 spiro atoms. The minimum Gasteiger partial charge on any atom is -0.371 e. The number of aryl methyl sites for hydroxylation is 4. The molecule has 5 heterocycles. The predicted molar refractivity (Wildman–Crippen MR) is 235 cm³/mol. The lowest BCUT2D eigenvalue weighted by Gasteiger charge is -2.38. The van der Waals surface area contributed by atoms with Crippen molar-refractivity contribution in [1.29, 1.82) is 5.26 Å². The van der Waals surface area contributed by atoms with Crippen molar-refractivity contribution in [2.24, 2.45) is 10.8 Å². The standard InChI is InChI=1S/C52H56N4/c1-51(2)29-35(20-43(31-51)41-24-37-9-5-15-55-16-6-10-38(25-41)49(37)55)19-34-13-14-48-47(23-34)45(33-53)28-46(54-48)22-36-21-44(32-52(3,4)30-36)42-26-39-11-7-17-56-18-8-12-40(27-42)50(39)56/h13-14,19-28H,5-12,15-18,29-32H2,1-4H3/b35-19-,36-22-. The van der Waals surface area contributed by atoms with Gasteiger partial charge in [0.25, 0.3) is 0 Å². The zero-order valence-corrected chi connectivity index (χ0v) is 34.0. The molecule has 0 bridgehead atoms. The average molecular weight is 737 g/mol. The first-order valence-electron chi connectivity index (χ1n) is 21.6. The smallest absolute Gasteiger partial charge is 0.0999 e. The van der Waals surface area contributed by atoms with Crippen LogP contribution in [0.3, 0.4) is 0 Å². The van der Waals surface area contributed by atoms with Crippen LogP contribution in [-0.4, -0.2) is 31.2 Å². The molecular formula is C52H56N4. The maximum Gasteiger partial charge on any atom is 0.0999 e. The molecule has 284 valence electrons. The third-order valence-electron chi connectivity index (χ3n) is 13.5. The van der Waals surface area contributed by atoms with E-state index in [1.165, 1.54) is 117 Å². The fourth-order valence-electron chi connectivity index (χ4n) is 11.4. The Hall–Kier alpha value is -4.88. The molecular weight excluding hydrogens is 681 g/mol. The molecule has 1 aromatic heterocycles. The fourth-order valence-corrected chi connectivity index (χ4v) is 11.4. The van der Waals surface area contributed by atoms with Crippen molar-refractivity contribution in [2.45, 2.75) is 105 Å². The first-order valence-corrected chi connectivity index (χ1v) is 21.6. The summed E-state index contributed by atoms with van der Waals surface area (Å²) in [5.74, 6) is 0. The SMILES string of the molecule is CC1(C)CC(c2cc3c4c(c2)CCCN4CCC3)=C/C(=C/c2ccc3nc(/C=C4/C=C(c5cc6c7c(c5)CCCN7CCC6)CC(C)(C)C4)cc(C#N)c3c2)C1. The Morgan fingerprint density at radius 3 is 1.57 bits per heavy atom. The van der Waals surface area contributed by atoms with E-state index in [-0.39, 0.29) is 10.8 Å². The topological polar surface area (TPSA) is 43.2 Å². The maximum atomic E-state index is 10.5. The summed E-state index contributed by atoms with van der Waals surface area (Å²) in [7, 11) is 0. The number of allylic oxidation sites excluding steroid dienone is 6. The highest BCUT2D eigenvalue weighted by Gasteiger charge is 2.31. The molecule has 0 saturated carbocycles. The number of aromatic nitrogens is 1. The van der Waals surface area contributed by atoms with E-state index in [2.05, 4.69) is 110 Å². The maximum absolute atomic E-state index is 10.5. The molecule has 4 heteroatoms. The summed E-state index contributed by atoms with van der Waals surface area (Å²) >= 11 is 0. The second-order valence-electron chi connectivity index (χ2n) is 19.5. The van der Waals surface area contributed by atoms with Gasteiger partial charge in [-0.1, -0.05) is 52.0 Å². The van der Waals surface area contributed by atoms with Crippen LogP contribution < -0.4 is 9.80 Å². The quantitative estimate of drug-likeness (QED) is 0.209. The van der Waals surface area contributed by atoms with Crippen molar-refractivity contribution >= 4 is 45.6 Å². The Morgan fingerprint density at radius 1 is 0.607 bits per heavy atom. The summed E-state index contributed by atoms with van der Waals surface area (Å²) in [5.41, 5.74) is 21.6. The van der Waals surface area contributed by atoms with Gasteiger partial charge < -0.3 is 9.80 Å². The summed E-state index contributed by atoms with van der Waals surface area (Å²) in [6.07, 6.45) is 23.5. The minimum absolute atomic E-state index is 0.145. The summed E-state index contributed by atoms with van der Waals surface area (Å²) in [5, 5.41) is 11.4. The van der Waals surface area contributed by atoms with Gasteiger partial charge in [-0.2, -0.15) is 5.26 Å². The molecule has 0 N–H and O–H groups in total. The van der Waals surface area contributed by atoms with E-state index in [0.717, 1.165) is 47.8 Å². The van der Waals surface area contributed by atoms with E-state index in [0.29, 0.717) is 5.56 Å². The molecule has 0 amide bonds. The number of benzene rings is 3. The van der Waals surface area contributed by atoms with Crippen molar-refractivity contribution in [3.8, 4) is 6.07 Å². The molecule has 3 aromatic carbocycles. The van der Waals surface area contributed by atoms with Gasteiger partial charge >= 0.3 is 0 Å². The molecule has 4 nitrogen and oxygen atoms in total. The van der Waals surface area contributed by atoms with Gasteiger partial charge in [-0.15, -0.1) is 0 Å². The molecule has 6 aliphatic rings. The molecule has 0 saturated heterocycles. The van der Waals surface area contributed by atoms with Crippen LogP contribution in [0.25, 0.3) is 34.2 Å². The van der Waals surface area contributed by atoms with Crippen LogP contribution >= 0.6 is 0 Å². The molecule has 4 aliphatic heterocycles. The van der Waals surface area contributed by atoms with E-state index < -0.39 is 0 Å². The molecule has 0 unspecified atom stereocenters. The van der Waals surface area contributed by atoms with Crippen LogP contribution in [0.5, 0.6) is 0 Å². The average Bonchev–Trinajstić information content (AvgIpc) is 3.17. The van der Waals surface area contributed by atoms with Gasteiger partial charge in [0.2, 0.25) is 0 Å². The highest BCUT2D eigenvalue weighted by molar-refractivity contribution is 5.89. The van der Waals surface area contributed by atoms with Crippen molar-refractivity contribution in [3.05, 3.63) is 122 Å². The van der Waals surface area contributed by atoms with Crippen LogP contribution in [0.2, 0.25) is 0 Å². The number of fused-ring (bicyclic) bond motifs is 1. The normalized spacial score (nSPS) is 22.3. The summed E-state index contributed by atoms with van der Waals surface area (Å²) < 4.78 is 0. The van der Waals surface area contributed by atoms with Crippen molar-refractivity contribution in [2.75, 3.05) is 36.0 Å². The highest BCUT2D eigenvalue weighted by Crippen LogP contribution is 2.47. The summed E-state index contributed by atoms with van der Waals surface area (Å²) in [6, 6.07) is 21.1. The Labute approximate surface area is 334 Å². The molecule has 56 heavy (non-hydrogen) atoms. The van der Waals surface area contributed by atoms with E-state index in [1.54, 1.807) is 27.9 Å². The van der Waals surface area contributed by atoms with Gasteiger partial charge in [0.15, 0.2) is 0 Å². The lowest BCUT2D eigenvalue weighted by Crippen LogP contribution is -2.34. The number of rotatable bonds is 4. The second kappa shape index (κ2) is 13.7. The van der Waals surface area contributed by atoms with Crippen LogP contribution in [0, 0.1) is 22.2 Å². The van der Waals surface area contributed by atoms with Gasteiger partial charge in [0, 0.05) is 42.9 Å². The number of nitriles is 1. The fraction of sp³-hybridized carbons (Fsp3) is 0.423. The molecule has 10 rings (SSSR count). The van der Waals surface area contributed by atoms with Crippen LogP contribution in [-0.2, 0) is 25.7 Å². The number of hydrogen-bond donors (Lipinski definition) is 0. The van der Waals surface area contributed by atoms with Crippen molar-refractivity contribution in [1.82, 2.24) is 4.98 Å². The van der Waals surface area contributed by atoms with Crippen molar-refractivity contribution < 1.29 is 0 Å². The molecule has 0 fully saturated rings. The lowest BCUT2D eigenvalue weighted by molar-refractivity contribution is 0.370. The first-order chi connectivity index (χ1) is 27.1. The molecule has 0 atom stereocenters. The van der Waals surface area contributed by atoms with Gasteiger partial charge in [-0.25, -0.2) is 4.98 Å². The number of pyridine rings is 1. The first kappa shape index (κ1) is 35.5. The monoisotopic (exact) mass is 736 g/mol. The summed E-state index contributed by atoms with van der Waals surface area (Å²) in [4.78, 5) is 10.4. The Balaban J connectivity index is 0.970. The minimum atomic E-state index is 0.145. The lowest BCUT2D eigenvalue weighted by atomic mass is 9.73. The van der Waals surface area contributed by atoms with Gasteiger partial charge in [0.05, 0.1) is 22.8 Å². The zero-order chi connectivity index (χ0) is 38.2. The Kier molecular flexibility index (Phi) is 8.66. The number of nitrogens with zero attached hydrogens (tertiary/aromatic N) is 4. The number of hydrogen-bond acceptors (Lipinski definition) is 4. The molecule has 0 radical (unpaired) electrons. The van der Waals surface area contributed by atoms with E-state index in [1.807, 2.05) is 6.07 Å². The molecule has 2 aliphatic carbocycles.